The van der Waals surface area contributed by atoms with Crippen molar-refractivity contribution in [1.29, 1.82) is 0 Å². The zero-order chi connectivity index (χ0) is 16.2. The molecule has 116 valence electrons. The third-order valence-electron chi connectivity index (χ3n) is 4.03. The summed E-state index contributed by atoms with van der Waals surface area (Å²) in [7, 11) is 0. The van der Waals surface area contributed by atoms with Gasteiger partial charge in [-0.15, -0.1) is 0 Å². The fourth-order valence-electron chi connectivity index (χ4n) is 2.35. The second-order valence-corrected chi connectivity index (χ2v) is 5.70. The molecule has 1 rings (SSSR count). The van der Waals surface area contributed by atoms with Gasteiger partial charge in [-0.3, -0.25) is 0 Å². The molecule has 0 aliphatic heterocycles. The monoisotopic (exact) mass is 295 g/mol. The molecule has 1 N–H and O–H groups in total. The molecule has 0 saturated carbocycles. The Morgan fingerprint density at radius 3 is 2.48 bits per heavy atom. The quantitative estimate of drug-likeness (QED) is 0.759. The van der Waals surface area contributed by atoms with E-state index >= 15 is 0 Å². The Kier molecular flexibility index (Phi) is 5.67. The largest absolute Gasteiger partial charge is 0.396 e. The smallest absolute Gasteiger partial charge is 0.160 e. The zero-order valence-corrected chi connectivity index (χ0v) is 12.9. The van der Waals surface area contributed by atoms with Crippen LogP contribution >= 0.6 is 0 Å². The average Bonchev–Trinajstić information content (AvgIpc) is 2.42. The van der Waals surface area contributed by atoms with Crippen LogP contribution < -0.4 is 4.90 Å². The van der Waals surface area contributed by atoms with E-state index in [1.807, 2.05) is 25.7 Å². The summed E-state index contributed by atoms with van der Waals surface area (Å²) in [5, 5.41) is 9.16. The van der Waals surface area contributed by atoms with Gasteiger partial charge >= 0.3 is 0 Å². The summed E-state index contributed by atoms with van der Waals surface area (Å²) < 4.78 is 26.7. The zero-order valence-electron chi connectivity index (χ0n) is 12.9. The lowest BCUT2D eigenvalue weighted by Gasteiger charge is -2.45. The topological polar surface area (TPSA) is 23.5 Å². The van der Waals surface area contributed by atoms with Crippen LogP contribution in [0.3, 0.4) is 0 Å². The van der Waals surface area contributed by atoms with Crippen LogP contribution in [0.25, 0.3) is 0 Å². The number of halogens is 2. The number of benzene rings is 1. The van der Waals surface area contributed by atoms with E-state index in [0.717, 1.165) is 12.1 Å². The number of rotatable bonds is 7. The van der Waals surface area contributed by atoms with E-state index < -0.39 is 17.2 Å². The van der Waals surface area contributed by atoms with Crippen molar-refractivity contribution in [2.45, 2.75) is 32.7 Å². The Balaban J connectivity index is 3.31. The fraction of sp³-hybridized carbons (Fsp3) is 0.412. The highest BCUT2D eigenvalue weighted by molar-refractivity contribution is 5.56. The van der Waals surface area contributed by atoms with E-state index in [9.17, 15) is 8.78 Å². The molecule has 0 heterocycles. The summed E-state index contributed by atoms with van der Waals surface area (Å²) >= 11 is 0. The highest BCUT2D eigenvalue weighted by Crippen LogP contribution is 2.35. The van der Waals surface area contributed by atoms with Gasteiger partial charge in [0.15, 0.2) is 11.6 Å². The Morgan fingerprint density at radius 1 is 1.38 bits per heavy atom. The Hall–Kier alpha value is -1.68. The lowest BCUT2D eigenvalue weighted by Crippen LogP contribution is -2.48. The molecule has 0 radical (unpaired) electrons. The van der Waals surface area contributed by atoms with Crippen LogP contribution in [0.15, 0.2) is 43.1 Å². The van der Waals surface area contributed by atoms with Gasteiger partial charge in [0.1, 0.15) is 0 Å². The fourth-order valence-corrected chi connectivity index (χ4v) is 2.35. The summed E-state index contributed by atoms with van der Waals surface area (Å²) in [6.07, 6.45) is 2.17. The van der Waals surface area contributed by atoms with Gasteiger partial charge in [-0.25, -0.2) is 8.78 Å². The van der Waals surface area contributed by atoms with E-state index in [2.05, 4.69) is 13.2 Å². The summed E-state index contributed by atoms with van der Waals surface area (Å²) in [5.74, 6) is -1.68. The first-order valence-corrected chi connectivity index (χ1v) is 6.93. The summed E-state index contributed by atoms with van der Waals surface area (Å²) in [5.41, 5.74) is 0.655. The predicted octanol–water partition coefficient (Wildman–Crippen LogP) is 4.27. The molecule has 0 amide bonds. The lowest BCUT2D eigenvalue weighted by molar-refractivity contribution is 0.222. The summed E-state index contributed by atoms with van der Waals surface area (Å²) in [6, 6.07) is 3.76. The SMILES string of the molecule is C=CC(=C)N(c1ccc(F)c(F)c1)C(C)(C)C(C)CCO. The molecule has 0 fully saturated rings. The van der Waals surface area contributed by atoms with Crippen LogP contribution in [0, 0.1) is 17.6 Å². The van der Waals surface area contributed by atoms with Crippen LogP contribution in [-0.2, 0) is 0 Å². The van der Waals surface area contributed by atoms with Crippen molar-refractivity contribution in [2.75, 3.05) is 11.5 Å². The van der Waals surface area contributed by atoms with Crippen LogP contribution in [0.1, 0.15) is 27.2 Å². The van der Waals surface area contributed by atoms with Crippen LogP contribution in [0.2, 0.25) is 0 Å². The van der Waals surface area contributed by atoms with Crippen molar-refractivity contribution in [2.24, 2.45) is 5.92 Å². The minimum absolute atomic E-state index is 0.0663. The second-order valence-electron chi connectivity index (χ2n) is 5.70. The Morgan fingerprint density at radius 2 is 2.00 bits per heavy atom. The molecule has 0 saturated heterocycles. The van der Waals surface area contributed by atoms with Gasteiger partial charge < -0.3 is 10.0 Å². The molecular weight excluding hydrogens is 272 g/mol. The number of hydrogen-bond donors (Lipinski definition) is 1. The molecule has 1 aromatic carbocycles. The van der Waals surface area contributed by atoms with Crippen LogP contribution in [-0.4, -0.2) is 17.3 Å². The van der Waals surface area contributed by atoms with Crippen molar-refractivity contribution in [3.8, 4) is 0 Å². The minimum Gasteiger partial charge on any atom is -0.396 e. The highest BCUT2D eigenvalue weighted by atomic mass is 19.2. The highest BCUT2D eigenvalue weighted by Gasteiger charge is 2.34. The van der Waals surface area contributed by atoms with Crippen molar-refractivity contribution in [3.05, 3.63) is 54.8 Å². The number of anilines is 1. The molecule has 2 nitrogen and oxygen atoms in total. The maximum absolute atomic E-state index is 13.5. The molecule has 1 unspecified atom stereocenters. The van der Waals surface area contributed by atoms with Crippen molar-refractivity contribution in [3.63, 3.8) is 0 Å². The van der Waals surface area contributed by atoms with Crippen molar-refractivity contribution in [1.82, 2.24) is 0 Å². The van der Waals surface area contributed by atoms with E-state index in [-0.39, 0.29) is 12.5 Å². The van der Waals surface area contributed by atoms with Crippen LogP contribution in [0.4, 0.5) is 14.5 Å². The number of allylic oxidation sites excluding steroid dienone is 1. The first-order valence-electron chi connectivity index (χ1n) is 6.93. The second kappa shape index (κ2) is 6.85. The van der Waals surface area contributed by atoms with Gasteiger partial charge in [0, 0.05) is 29.6 Å². The molecule has 0 spiro atoms. The Bertz CT molecular complexity index is 526. The minimum atomic E-state index is -0.903. The van der Waals surface area contributed by atoms with E-state index in [1.165, 1.54) is 6.07 Å². The Labute approximate surface area is 125 Å². The first-order chi connectivity index (χ1) is 9.75. The first kappa shape index (κ1) is 17.4. The lowest BCUT2D eigenvalue weighted by atomic mass is 9.84. The molecule has 21 heavy (non-hydrogen) atoms. The van der Waals surface area contributed by atoms with Crippen molar-refractivity contribution >= 4 is 5.69 Å². The summed E-state index contributed by atoms with van der Waals surface area (Å²) in [6.45, 7) is 13.7. The number of hydrogen-bond acceptors (Lipinski definition) is 2. The van der Waals surface area contributed by atoms with Gasteiger partial charge in [-0.2, -0.15) is 0 Å². The molecule has 1 atom stereocenters. The van der Waals surface area contributed by atoms with Crippen molar-refractivity contribution < 1.29 is 13.9 Å². The summed E-state index contributed by atoms with van der Waals surface area (Å²) in [4.78, 5) is 1.82. The predicted molar refractivity (Wildman–Crippen MR) is 83.1 cm³/mol. The molecule has 0 aliphatic rings. The number of aliphatic hydroxyl groups is 1. The van der Waals surface area contributed by atoms with Gasteiger partial charge in [0.25, 0.3) is 0 Å². The molecule has 1 aromatic rings. The van der Waals surface area contributed by atoms with Gasteiger partial charge in [-0.1, -0.05) is 20.1 Å². The maximum Gasteiger partial charge on any atom is 0.160 e. The average molecular weight is 295 g/mol. The van der Waals surface area contributed by atoms with Crippen LogP contribution in [0.5, 0.6) is 0 Å². The number of aliphatic hydroxyl groups excluding tert-OH is 1. The normalized spacial score (nSPS) is 12.9. The molecule has 4 heteroatoms. The standard InChI is InChI=1S/C17H23F2NO/c1-6-13(3)20(17(4,5)12(2)9-10-21)14-7-8-15(18)16(19)11-14/h6-8,11-12,21H,1,3,9-10H2,2,4-5H3. The van der Waals surface area contributed by atoms with Gasteiger partial charge in [-0.05, 0) is 44.4 Å². The van der Waals surface area contributed by atoms with E-state index in [0.29, 0.717) is 17.8 Å². The van der Waals surface area contributed by atoms with Gasteiger partial charge in [0.2, 0.25) is 0 Å². The van der Waals surface area contributed by atoms with E-state index in [1.54, 1.807) is 6.08 Å². The third kappa shape index (κ3) is 3.70. The molecule has 0 aromatic heterocycles. The van der Waals surface area contributed by atoms with E-state index in [4.69, 9.17) is 5.11 Å². The molecular formula is C17H23F2NO. The van der Waals surface area contributed by atoms with Gasteiger partial charge in [0.05, 0.1) is 0 Å². The maximum atomic E-state index is 13.5. The molecule has 0 bridgehead atoms. The third-order valence-corrected chi connectivity index (χ3v) is 4.03. The number of nitrogens with zero attached hydrogens (tertiary/aromatic N) is 1. The molecule has 0 aliphatic carbocycles.